The topological polar surface area (TPSA) is 51.2 Å². The number of rotatable bonds is 11. The van der Waals surface area contributed by atoms with Gasteiger partial charge >= 0.3 is 0 Å². The summed E-state index contributed by atoms with van der Waals surface area (Å²) in [4.78, 5) is 0. The highest BCUT2D eigenvalue weighted by Gasteiger charge is 2.30. The Kier molecular flexibility index (Phi) is 11.3. The molecule has 0 saturated carbocycles. The van der Waals surface area contributed by atoms with E-state index in [0.29, 0.717) is 12.3 Å². The van der Waals surface area contributed by atoms with Gasteiger partial charge in [-0.25, -0.2) is 0 Å². The largest absolute Gasteiger partial charge is 0.309 e. The van der Waals surface area contributed by atoms with E-state index in [9.17, 15) is 9.13 Å². The highest BCUT2D eigenvalue weighted by molar-refractivity contribution is 7.85. The van der Waals surface area contributed by atoms with Crippen LogP contribution in [0.1, 0.15) is 40.5 Å². The fourth-order valence-electron chi connectivity index (χ4n) is 6.09. The number of hydrogen-bond acceptors (Lipinski definition) is 3. The fourth-order valence-corrected chi connectivity index (χ4v) is 13.0. The van der Waals surface area contributed by atoms with Crippen LogP contribution in [0.25, 0.3) is 22.3 Å². The Labute approximate surface area is 286 Å². The standard InChI is InChI=1S/C42H41O3P3/c1-5-30-46(43,31-6-2)38-22-14-34(15-23-38)36-18-26-41(27-19-36)48(45,40-12-10-9-11-13-40)42-28-20-37(21-29-42)35-16-24-39(25-17-35)47(44,32-7-3)33-8-4/h9-29H,5,7,30,32H2,1-4H3. The molecular formula is C42H41O3P3. The second-order valence-electron chi connectivity index (χ2n) is 11.8. The van der Waals surface area contributed by atoms with Crippen LogP contribution in [-0.2, 0) is 13.7 Å². The molecule has 0 amide bonds. The zero-order valence-corrected chi connectivity index (χ0v) is 30.7. The maximum atomic E-state index is 15.2. The Hall–Kier alpha value is -4.09. The van der Waals surface area contributed by atoms with Gasteiger partial charge in [0.05, 0.1) is 0 Å². The van der Waals surface area contributed by atoms with Gasteiger partial charge in [0.15, 0.2) is 21.4 Å². The summed E-state index contributed by atoms with van der Waals surface area (Å²) < 4.78 is 42.1. The Morgan fingerprint density at radius 1 is 0.417 bits per heavy atom. The summed E-state index contributed by atoms with van der Waals surface area (Å²) in [6.45, 7) is 7.52. The van der Waals surface area contributed by atoms with Crippen molar-refractivity contribution in [3.05, 3.63) is 127 Å². The van der Waals surface area contributed by atoms with Gasteiger partial charge in [-0.15, -0.1) is 0 Å². The first-order valence-corrected chi connectivity index (χ1v) is 21.8. The van der Waals surface area contributed by atoms with E-state index in [1.54, 1.807) is 13.8 Å². The molecule has 0 N–H and O–H groups in total. The quantitative estimate of drug-likeness (QED) is 0.103. The monoisotopic (exact) mass is 686 g/mol. The van der Waals surface area contributed by atoms with E-state index in [-0.39, 0.29) is 0 Å². The average Bonchev–Trinajstić information content (AvgIpc) is 3.12. The molecule has 0 aliphatic heterocycles. The lowest BCUT2D eigenvalue weighted by Gasteiger charge is -2.21. The molecule has 0 aliphatic rings. The molecule has 2 atom stereocenters. The highest BCUT2D eigenvalue weighted by Crippen LogP contribution is 2.46. The van der Waals surface area contributed by atoms with Gasteiger partial charge in [0.2, 0.25) is 0 Å². The van der Waals surface area contributed by atoms with Crippen LogP contribution < -0.4 is 26.5 Å². The Balaban J connectivity index is 1.46. The van der Waals surface area contributed by atoms with Crippen molar-refractivity contribution in [1.82, 2.24) is 0 Å². The summed E-state index contributed by atoms with van der Waals surface area (Å²) in [7, 11) is -8.66. The predicted molar refractivity (Wildman–Crippen MR) is 208 cm³/mol. The lowest BCUT2D eigenvalue weighted by molar-refractivity contribution is 0.586. The van der Waals surface area contributed by atoms with Crippen LogP contribution in [0.2, 0.25) is 0 Å². The first-order valence-electron chi connectivity index (χ1n) is 16.4. The summed E-state index contributed by atoms with van der Waals surface area (Å²) in [6, 6.07) is 41.2. The van der Waals surface area contributed by atoms with Gasteiger partial charge in [-0.3, -0.25) is 0 Å². The van der Waals surface area contributed by atoms with Crippen LogP contribution >= 0.6 is 21.4 Å². The van der Waals surface area contributed by atoms with E-state index in [2.05, 4.69) is 23.2 Å². The van der Waals surface area contributed by atoms with Gasteiger partial charge in [-0.2, -0.15) is 0 Å². The summed E-state index contributed by atoms with van der Waals surface area (Å²) >= 11 is 0. The van der Waals surface area contributed by atoms with Gasteiger partial charge in [-0.1, -0.05) is 129 Å². The molecule has 5 aromatic rings. The van der Waals surface area contributed by atoms with Crippen molar-refractivity contribution in [3.8, 4) is 45.4 Å². The predicted octanol–water partition coefficient (Wildman–Crippen LogP) is 9.42. The Morgan fingerprint density at radius 2 is 0.708 bits per heavy atom. The van der Waals surface area contributed by atoms with Crippen molar-refractivity contribution in [3.63, 3.8) is 0 Å². The van der Waals surface area contributed by atoms with Crippen molar-refractivity contribution in [2.24, 2.45) is 0 Å². The van der Waals surface area contributed by atoms with Gasteiger partial charge in [0.25, 0.3) is 0 Å². The van der Waals surface area contributed by atoms with Crippen molar-refractivity contribution in [1.29, 1.82) is 0 Å². The van der Waals surface area contributed by atoms with Gasteiger partial charge in [-0.05, 0) is 84.5 Å². The third-order valence-electron chi connectivity index (χ3n) is 8.48. The normalized spacial score (nSPS) is 14.6. The van der Waals surface area contributed by atoms with Crippen LogP contribution in [0.15, 0.2) is 127 Å². The average molecular weight is 687 g/mol. The zero-order valence-electron chi connectivity index (χ0n) is 28.0. The minimum absolute atomic E-state index is 0.570. The minimum Gasteiger partial charge on any atom is -0.309 e. The van der Waals surface area contributed by atoms with Crippen LogP contribution in [-0.4, -0.2) is 12.3 Å². The van der Waals surface area contributed by atoms with Gasteiger partial charge < -0.3 is 13.7 Å². The molecule has 0 saturated heterocycles. The molecule has 3 nitrogen and oxygen atoms in total. The summed E-state index contributed by atoms with van der Waals surface area (Å²) in [5, 5.41) is 3.84. The van der Waals surface area contributed by atoms with Crippen molar-refractivity contribution in [2.45, 2.75) is 40.5 Å². The van der Waals surface area contributed by atoms with Crippen LogP contribution in [0, 0.1) is 23.2 Å². The maximum Gasteiger partial charge on any atom is 0.182 e. The smallest absolute Gasteiger partial charge is 0.182 e. The molecule has 6 heteroatoms. The third kappa shape index (κ3) is 7.32. The van der Waals surface area contributed by atoms with E-state index in [0.717, 1.165) is 61.6 Å². The number of hydrogen-bond donors (Lipinski definition) is 0. The molecular weight excluding hydrogens is 645 g/mol. The summed E-state index contributed by atoms with van der Waals surface area (Å²) in [5.41, 5.74) is 9.93. The van der Waals surface area contributed by atoms with E-state index < -0.39 is 21.4 Å². The van der Waals surface area contributed by atoms with E-state index in [4.69, 9.17) is 0 Å². The molecule has 0 bridgehead atoms. The molecule has 242 valence electrons. The van der Waals surface area contributed by atoms with E-state index in [1.807, 2.05) is 141 Å². The van der Waals surface area contributed by atoms with Crippen LogP contribution in [0.3, 0.4) is 0 Å². The summed E-state index contributed by atoms with van der Waals surface area (Å²) in [6.07, 6.45) is 2.76. The molecule has 0 spiro atoms. The van der Waals surface area contributed by atoms with Crippen LogP contribution in [0.4, 0.5) is 0 Å². The van der Waals surface area contributed by atoms with Gasteiger partial charge in [0.1, 0.15) is 0 Å². The molecule has 0 aromatic heterocycles. The van der Waals surface area contributed by atoms with Crippen molar-refractivity contribution in [2.75, 3.05) is 12.3 Å². The first-order chi connectivity index (χ1) is 23.2. The maximum absolute atomic E-state index is 15.2. The SMILES string of the molecule is CC#CP(=O)(CCC)c1ccc(-c2ccc(P(=O)(c3ccccc3)c3ccc(-c4ccc(P(=O)(C#CC)CCC)cc4)cc3)cc2)cc1. The molecule has 5 rings (SSSR count). The molecule has 0 fully saturated rings. The second-order valence-corrected chi connectivity index (χ2v) is 19.9. The Morgan fingerprint density at radius 3 is 1.00 bits per heavy atom. The van der Waals surface area contributed by atoms with Gasteiger partial charge in [0, 0.05) is 38.8 Å². The highest BCUT2D eigenvalue weighted by atomic mass is 31.2. The molecule has 0 aliphatic carbocycles. The molecule has 0 heterocycles. The molecule has 2 unspecified atom stereocenters. The lowest BCUT2D eigenvalue weighted by atomic mass is 10.1. The first kappa shape index (κ1) is 35.2. The molecule has 0 radical (unpaired) electrons. The second kappa shape index (κ2) is 15.4. The van der Waals surface area contributed by atoms with Crippen molar-refractivity contribution < 1.29 is 13.7 Å². The molecule has 5 aromatic carbocycles. The fraction of sp³-hybridized carbons (Fsp3) is 0.190. The van der Waals surface area contributed by atoms with Crippen molar-refractivity contribution >= 4 is 47.9 Å². The minimum atomic E-state index is -3.19. The number of benzene rings is 5. The lowest BCUT2D eigenvalue weighted by Crippen LogP contribution is -2.25. The van der Waals surface area contributed by atoms with E-state index >= 15 is 4.57 Å². The zero-order chi connectivity index (χ0) is 34.2. The molecule has 48 heavy (non-hydrogen) atoms. The van der Waals surface area contributed by atoms with Crippen LogP contribution in [0.5, 0.6) is 0 Å². The summed E-state index contributed by atoms with van der Waals surface area (Å²) in [5.74, 6) is 5.72. The Bertz CT molecular complexity index is 1990. The third-order valence-corrected chi connectivity index (χ3v) is 17.1. The van der Waals surface area contributed by atoms with E-state index in [1.165, 1.54) is 0 Å².